The second kappa shape index (κ2) is 6.10. The number of rotatable bonds is 4. The van der Waals surface area contributed by atoms with Gasteiger partial charge in [-0.25, -0.2) is 0 Å². The van der Waals surface area contributed by atoms with Crippen LogP contribution >= 0.6 is 11.6 Å². The van der Waals surface area contributed by atoms with E-state index in [4.69, 9.17) is 11.6 Å². The van der Waals surface area contributed by atoms with Crippen molar-refractivity contribution >= 4 is 11.6 Å². The van der Waals surface area contributed by atoms with Crippen molar-refractivity contribution < 1.29 is 0 Å². The molecule has 1 aromatic rings. The summed E-state index contributed by atoms with van der Waals surface area (Å²) in [6.45, 7) is 6.87. The van der Waals surface area contributed by atoms with Gasteiger partial charge in [-0.1, -0.05) is 57.9 Å². The highest BCUT2D eigenvalue weighted by molar-refractivity contribution is 6.21. The van der Waals surface area contributed by atoms with Crippen molar-refractivity contribution in [3.05, 3.63) is 35.4 Å². The van der Waals surface area contributed by atoms with E-state index in [-0.39, 0.29) is 5.38 Å². The molecule has 0 heterocycles. The van der Waals surface area contributed by atoms with E-state index in [1.165, 1.54) is 36.8 Å². The van der Waals surface area contributed by atoms with E-state index in [0.717, 1.165) is 5.92 Å². The van der Waals surface area contributed by atoms with Crippen LogP contribution in [0.4, 0.5) is 0 Å². The van der Waals surface area contributed by atoms with Crippen molar-refractivity contribution in [3.63, 3.8) is 0 Å². The highest BCUT2D eigenvalue weighted by atomic mass is 35.5. The minimum Gasteiger partial charge on any atom is -0.118 e. The molecular formula is C17H25Cl. The van der Waals surface area contributed by atoms with E-state index in [2.05, 4.69) is 45.0 Å². The van der Waals surface area contributed by atoms with Gasteiger partial charge in [0.1, 0.15) is 0 Å². The minimum absolute atomic E-state index is 0.202. The van der Waals surface area contributed by atoms with Crippen molar-refractivity contribution in [2.45, 2.75) is 57.7 Å². The summed E-state index contributed by atoms with van der Waals surface area (Å²) in [5, 5.41) is 0.202. The van der Waals surface area contributed by atoms with Gasteiger partial charge in [-0.15, -0.1) is 11.6 Å². The molecule has 100 valence electrons. The molecule has 18 heavy (non-hydrogen) atoms. The summed E-state index contributed by atoms with van der Waals surface area (Å²) >= 11 is 6.67. The van der Waals surface area contributed by atoms with E-state index in [1.807, 2.05) is 0 Å². The number of hydrogen-bond acceptors (Lipinski definition) is 0. The number of hydrogen-bond donors (Lipinski definition) is 0. The predicted octanol–water partition coefficient (Wildman–Crippen LogP) is 5.92. The molecule has 0 N–H and O–H groups in total. The molecule has 1 aliphatic carbocycles. The molecule has 0 amide bonds. The normalized spacial score (nSPS) is 27.1. The van der Waals surface area contributed by atoms with Gasteiger partial charge >= 0.3 is 0 Å². The SMILES string of the molecule is CCC(C)c1ccc(C(Cl)C2CCCC2C)cc1. The van der Waals surface area contributed by atoms with Gasteiger partial charge in [0.25, 0.3) is 0 Å². The molecule has 0 nitrogen and oxygen atoms in total. The zero-order chi connectivity index (χ0) is 13.1. The van der Waals surface area contributed by atoms with Crippen LogP contribution in [0.15, 0.2) is 24.3 Å². The first kappa shape index (κ1) is 13.9. The van der Waals surface area contributed by atoms with E-state index in [1.54, 1.807) is 0 Å². The Hall–Kier alpha value is -0.490. The van der Waals surface area contributed by atoms with E-state index < -0.39 is 0 Å². The lowest BCUT2D eigenvalue weighted by atomic mass is 9.89. The Morgan fingerprint density at radius 2 is 1.78 bits per heavy atom. The van der Waals surface area contributed by atoms with Gasteiger partial charge in [0, 0.05) is 0 Å². The maximum absolute atomic E-state index is 6.67. The molecule has 1 aliphatic rings. The molecule has 1 heteroatoms. The van der Waals surface area contributed by atoms with Gasteiger partial charge in [-0.3, -0.25) is 0 Å². The molecule has 4 unspecified atom stereocenters. The zero-order valence-corrected chi connectivity index (χ0v) is 12.6. The number of halogens is 1. The molecule has 0 radical (unpaired) electrons. The van der Waals surface area contributed by atoms with E-state index in [0.29, 0.717) is 11.8 Å². The van der Waals surface area contributed by atoms with Gasteiger partial charge in [0.2, 0.25) is 0 Å². The third-order valence-electron chi connectivity index (χ3n) is 4.74. The first-order chi connectivity index (χ1) is 8.63. The van der Waals surface area contributed by atoms with Gasteiger partial charge in [0.15, 0.2) is 0 Å². The standard InChI is InChI=1S/C17H25Cl/c1-4-12(2)14-8-10-15(11-9-14)17(18)16-7-5-6-13(16)3/h8-13,16-17H,4-7H2,1-3H3. The first-order valence-electron chi connectivity index (χ1n) is 7.37. The maximum atomic E-state index is 6.67. The van der Waals surface area contributed by atoms with Crippen molar-refractivity contribution in [2.75, 3.05) is 0 Å². The summed E-state index contributed by atoms with van der Waals surface area (Å²) in [6, 6.07) is 9.01. The molecule has 0 aliphatic heterocycles. The van der Waals surface area contributed by atoms with Gasteiger partial charge < -0.3 is 0 Å². The topological polar surface area (TPSA) is 0 Å². The number of benzene rings is 1. The van der Waals surface area contributed by atoms with Crippen LogP contribution in [-0.2, 0) is 0 Å². The third kappa shape index (κ3) is 2.91. The Morgan fingerprint density at radius 1 is 1.17 bits per heavy atom. The van der Waals surface area contributed by atoms with Crippen LogP contribution in [0.2, 0.25) is 0 Å². The van der Waals surface area contributed by atoms with Gasteiger partial charge in [-0.2, -0.15) is 0 Å². The van der Waals surface area contributed by atoms with Crippen LogP contribution in [0.5, 0.6) is 0 Å². The van der Waals surface area contributed by atoms with Crippen LogP contribution in [0, 0.1) is 11.8 Å². The van der Waals surface area contributed by atoms with Crippen molar-refractivity contribution in [2.24, 2.45) is 11.8 Å². The summed E-state index contributed by atoms with van der Waals surface area (Å²) < 4.78 is 0. The largest absolute Gasteiger partial charge is 0.118 e. The molecule has 2 rings (SSSR count). The fourth-order valence-corrected chi connectivity index (χ4v) is 3.62. The second-order valence-corrected chi connectivity index (χ2v) is 6.42. The number of alkyl halides is 1. The highest BCUT2D eigenvalue weighted by Crippen LogP contribution is 2.43. The zero-order valence-electron chi connectivity index (χ0n) is 11.8. The fourth-order valence-electron chi connectivity index (χ4n) is 3.10. The summed E-state index contributed by atoms with van der Waals surface area (Å²) in [5.74, 6) is 2.10. The average molecular weight is 265 g/mol. The fraction of sp³-hybridized carbons (Fsp3) is 0.647. The Bertz CT molecular complexity index is 368. The lowest BCUT2D eigenvalue weighted by Crippen LogP contribution is -2.11. The molecular weight excluding hydrogens is 240 g/mol. The lowest BCUT2D eigenvalue weighted by Gasteiger charge is -2.22. The molecule has 1 fully saturated rings. The van der Waals surface area contributed by atoms with Gasteiger partial charge in [-0.05, 0) is 41.7 Å². The monoisotopic (exact) mass is 264 g/mol. The summed E-state index contributed by atoms with van der Waals surface area (Å²) in [6.07, 6.45) is 5.19. The van der Waals surface area contributed by atoms with Crippen molar-refractivity contribution in [1.29, 1.82) is 0 Å². The highest BCUT2D eigenvalue weighted by Gasteiger charge is 2.30. The summed E-state index contributed by atoms with van der Waals surface area (Å²) in [4.78, 5) is 0. The minimum atomic E-state index is 0.202. The molecule has 0 spiro atoms. The van der Waals surface area contributed by atoms with Crippen molar-refractivity contribution in [1.82, 2.24) is 0 Å². The molecule has 1 saturated carbocycles. The Labute approximate surface area is 117 Å². The van der Waals surface area contributed by atoms with Crippen LogP contribution < -0.4 is 0 Å². The van der Waals surface area contributed by atoms with Crippen LogP contribution in [0.3, 0.4) is 0 Å². The Morgan fingerprint density at radius 3 is 2.28 bits per heavy atom. The van der Waals surface area contributed by atoms with Crippen LogP contribution in [0.25, 0.3) is 0 Å². The molecule has 0 saturated heterocycles. The molecule has 1 aromatic carbocycles. The smallest absolute Gasteiger partial charge is 0.0615 e. The first-order valence-corrected chi connectivity index (χ1v) is 7.81. The maximum Gasteiger partial charge on any atom is 0.0615 e. The van der Waals surface area contributed by atoms with Crippen LogP contribution in [-0.4, -0.2) is 0 Å². The average Bonchev–Trinajstić information content (AvgIpc) is 2.83. The quantitative estimate of drug-likeness (QED) is 0.593. The molecule has 0 bridgehead atoms. The third-order valence-corrected chi connectivity index (χ3v) is 5.32. The lowest BCUT2D eigenvalue weighted by molar-refractivity contribution is 0.406. The Kier molecular flexibility index (Phi) is 4.72. The van der Waals surface area contributed by atoms with E-state index in [9.17, 15) is 0 Å². The van der Waals surface area contributed by atoms with Crippen LogP contribution in [0.1, 0.15) is 68.9 Å². The van der Waals surface area contributed by atoms with E-state index >= 15 is 0 Å². The van der Waals surface area contributed by atoms with Gasteiger partial charge in [0.05, 0.1) is 5.38 Å². The Balaban J connectivity index is 2.09. The predicted molar refractivity (Wildman–Crippen MR) is 80.2 cm³/mol. The molecule has 0 aromatic heterocycles. The summed E-state index contributed by atoms with van der Waals surface area (Å²) in [7, 11) is 0. The molecule has 4 atom stereocenters. The second-order valence-electron chi connectivity index (χ2n) is 5.95. The van der Waals surface area contributed by atoms with Crippen molar-refractivity contribution in [3.8, 4) is 0 Å². The summed E-state index contributed by atoms with van der Waals surface area (Å²) in [5.41, 5.74) is 2.74.